The second-order valence-electron chi connectivity index (χ2n) is 11.1. The van der Waals surface area contributed by atoms with E-state index in [1.165, 1.54) is 26.9 Å². The van der Waals surface area contributed by atoms with Gasteiger partial charge >= 0.3 is 0 Å². The molecule has 0 N–H and O–H groups in total. The van der Waals surface area contributed by atoms with Gasteiger partial charge in [-0.15, -0.1) is 0 Å². The van der Waals surface area contributed by atoms with Gasteiger partial charge in [-0.3, -0.25) is 0 Å². The molecule has 0 aliphatic heterocycles. The molecule has 0 aliphatic rings. The summed E-state index contributed by atoms with van der Waals surface area (Å²) in [6.45, 7) is 0. The third-order valence-electron chi connectivity index (χ3n) is 8.49. The Morgan fingerprint density at radius 1 is 0.386 bits per heavy atom. The van der Waals surface area contributed by atoms with Crippen LogP contribution in [0.3, 0.4) is 0 Å². The first kappa shape index (κ1) is 24.6. The van der Waals surface area contributed by atoms with Crippen molar-refractivity contribution >= 4 is 43.2 Å². The highest BCUT2D eigenvalue weighted by Crippen LogP contribution is 2.39. The molecule has 0 unspecified atom stereocenters. The normalized spacial score (nSPS) is 11.6. The smallest absolute Gasteiger partial charge is 0.161 e. The van der Waals surface area contributed by atoms with Crippen LogP contribution in [0.1, 0.15) is 0 Å². The molecule has 0 spiro atoms. The van der Waals surface area contributed by atoms with Gasteiger partial charge in [0, 0.05) is 33.8 Å². The zero-order valence-electron chi connectivity index (χ0n) is 23.6. The van der Waals surface area contributed by atoms with Crippen LogP contribution in [0.5, 0.6) is 0 Å². The third kappa shape index (κ3) is 4.00. The molecule has 44 heavy (non-hydrogen) atoms. The van der Waals surface area contributed by atoms with Crippen molar-refractivity contribution in [3.05, 3.63) is 146 Å². The molecule has 2 aromatic heterocycles. The molecular weight excluding hydrogens is 536 g/mol. The van der Waals surface area contributed by atoms with Gasteiger partial charge in [0.1, 0.15) is 0 Å². The van der Waals surface area contributed by atoms with Gasteiger partial charge in [0.2, 0.25) is 0 Å². The van der Waals surface area contributed by atoms with E-state index in [0.717, 1.165) is 49.9 Å². The molecule has 9 aromatic rings. The van der Waals surface area contributed by atoms with E-state index >= 15 is 0 Å². The van der Waals surface area contributed by atoms with Crippen molar-refractivity contribution in [1.29, 1.82) is 0 Å². The molecule has 4 nitrogen and oxygen atoms in total. The van der Waals surface area contributed by atoms with Gasteiger partial charge in [0.05, 0.1) is 16.9 Å². The molecule has 0 radical (unpaired) electrons. The van der Waals surface area contributed by atoms with E-state index in [-0.39, 0.29) is 0 Å². The van der Waals surface area contributed by atoms with Crippen molar-refractivity contribution in [3.63, 3.8) is 0 Å². The second-order valence-corrected chi connectivity index (χ2v) is 11.1. The van der Waals surface area contributed by atoms with Crippen LogP contribution in [0, 0.1) is 0 Å². The predicted octanol–water partition coefficient (Wildman–Crippen LogP) is 9.99. The fraction of sp³-hybridized carbons (Fsp3) is 0. The molecule has 0 atom stereocenters. The summed E-state index contributed by atoms with van der Waals surface area (Å²) < 4.78 is 0. The highest BCUT2D eigenvalue weighted by atomic mass is 14.9. The van der Waals surface area contributed by atoms with Crippen molar-refractivity contribution in [1.82, 2.24) is 19.9 Å². The molecule has 7 aromatic carbocycles. The Bertz CT molecular complexity index is 2470. The zero-order chi connectivity index (χ0) is 29.0. The monoisotopic (exact) mass is 560 g/mol. The molecule has 0 amide bonds. The first-order valence-electron chi connectivity index (χ1n) is 14.7. The first-order valence-corrected chi connectivity index (χ1v) is 14.7. The van der Waals surface area contributed by atoms with Crippen molar-refractivity contribution < 1.29 is 0 Å². The van der Waals surface area contributed by atoms with Gasteiger partial charge in [-0.05, 0) is 50.5 Å². The Balaban J connectivity index is 1.21. The van der Waals surface area contributed by atoms with Crippen LogP contribution < -0.4 is 0 Å². The largest absolute Gasteiger partial charge is 0.236 e. The lowest BCUT2D eigenvalue weighted by Crippen LogP contribution is -1.97. The molecule has 2 heterocycles. The zero-order valence-corrected chi connectivity index (χ0v) is 23.6. The fourth-order valence-electron chi connectivity index (χ4n) is 6.30. The molecule has 204 valence electrons. The summed E-state index contributed by atoms with van der Waals surface area (Å²) in [6, 6.07) is 48.5. The van der Waals surface area contributed by atoms with Crippen LogP contribution in [0.15, 0.2) is 146 Å². The van der Waals surface area contributed by atoms with Gasteiger partial charge in [0.15, 0.2) is 11.6 Å². The molecule has 4 heteroatoms. The first-order chi connectivity index (χ1) is 21.8. The number of rotatable bonds is 4. The quantitative estimate of drug-likeness (QED) is 0.201. The van der Waals surface area contributed by atoms with Crippen LogP contribution in [0.4, 0.5) is 0 Å². The number of fused-ring (bicyclic) bond motifs is 1. The highest BCUT2D eigenvalue weighted by Gasteiger charge is 2.16. The van der Waals surface area contributed by atoms with Crippen LogP contribution in [0.25, 0.3) is 88.5 Å². The highest BCUT2D eigenvalue weighted by molar-refractivity contribution is 6.25. The average Bonchev–Trinajstić information content (AvgIpc) is 3.10. The molecule has 9 rings (SSSR count). The maximum Gasteiger partial charge on any atom is 0.161 e. The Labute approximate surface area is 253 Å². The summed E-state index contributed by atoms with van der Waals surface area (Å²) in [7, 11) is 0. The van der Waals surface area contributed by atoms with Gasteiger partial charge in [-0.1, -0.05) is 121 Å². The molecule has 0 saturated heterocycles. The Morgan fingerprint density at radius 3 is 1.80 bits per heavy atom. The van der Waals surface area contributed by atoms with Gasteiger partial charge in [-0.2, -0.15) is 0 Å². The number of benzene rings is 7. The second kappa shape index (κ2) is 9.79. The summed E-state index contributed by atoms with van der Waals surface area (Å²) in [6.07, 6.45) is 1.88. The average molecular weight is 561 g/mol. The summed E-state index contributed by atoms with van der Waals surface area (Å²) in [4.78, 5) is 19.7. The van der Waals surface area contributed by atoms with Crippen molar-refractivity contribution in [2.45, 2.75) is 0 Å². The Morgan fingerprint density at radius 2 is 1.00 bits per heavy atom. The van der Waals surface area contributed by atoms with E-state index in [4.69, 9.17) is 15.0 Å². The van der Waals surface area contributed by atoms with E-state index in [1.54, 1.807) is 0 Å². The van der Waals surface area contributed by atoms with E-state index in [2.05, 4.69) is 102 Å². The predicted molar refractivity (Wildman–Crippen MR) is 181 cm³/mol. The van der Waals surface area contributed by atoms with E-state index in [9.17, 15) is 0 Å². The number of hydrogen-bond donors (Lipinski definition) is 0. The van der Waals surface area contributed by atoms with Gasteiger partial charge in [0.25, 0.3) is 0 Å². The van der Waals surface area contributed by atoms with Crippen LogP contribution >= 0.6 is 0 Å². The Hall–Kier alpha value is -6.00. The number of aromatic nitrogens is 4. The molecule has 0 fully saturated rings. The molecule has 0 aliphatic carbocycles. The molecule has 0 bridgehead atoms. The van der Waals surface area contributed by atoms with E-state index in [0.29, 0.717) is 11.6 Å². The number of hydrogen-bond acceptors (Lipinski definition) is 4. The summed E-state index contributed by atoms with van der Waals surface area (Å²) in [5.74, 6) is 1.42. The third-order valence-corrected chi connectivity index (χ3v) is 8.49. The van der Waals surface area contributed by atoms with E-state index < -0.39 is 0 Å². The maximum atomic E-state index is 5.18. The summed E-state index contributed by atoms with van der Waals surface area (Å²) >= 11 is 0. The van der Waals surface area contributed by atoms with Crippen LogP contribution in [-0.2, 0) is 0 Å². The van der Waals surface area contributed by atoms with Crippen LogP contribution in [-0.4, -0.2) is 19.9 Å². The van der Waals surface area contributed by atoms with Gasteiger partial charge < -0.3 is 0 Å². The van der Waals surface area contributed by atoms with Gasteiger partial charge in [-0.25, -0.2) is 19.9 Å². The van der Waals surface area contributed by atoms with E-state index in [1.807, 2.05) is 48.7 Å². The number of para-hydroxylation sites is 1. The molecule has 0 saturated carbocycles. The lowest BCUT2D eigenvalue weighted by molar-refractivity contribution is 1.19. The standard InChI is InChI=1S/C40H24N4/c1-2-7-25(8-3-1)35-23-36(26-13-17-30(18-14-26)39-41-24-31-9-4-5-12-34(31)42-39)44-40(43-35)33-22-20-29-16-15-27-10-6-11-28-19-21-32(33)38(29)37(27)28/h1-24H. The minimum atomic E-state index is 0.706. The summed E-state index contributed by atoms with van der Waals surface area (Å²) in [5.41, 5.74) is 6.73. The Kier molecular flexibility index (Phi) is 5.47. The van der Waals surface area contributed by atoms with Crippen molar-refractivity contribution in [2.24, 2.45) is 0 Å². The number of nitrogens with zero attached hydrogens (tertiary/aromatic N) is 4. The lowest BCUT2D eigenvalue weighted by atomic mass is 9.91. The maximum absolute atomic E-state index is 5.18. The minimum Gasteiger partial charge on any atom is -0.236 e. The van der Waals surface area contributed by atoms with Crippen molar-refractivity contribution in [3.8, 4) is 45.3 Å². The topological polar surface area (TPSA) is 51.6 Å². The SMILES string of the molecule is c1ccc(-c2cc(-c3ccc(-c4ncc5ccccc5n4)cc3)nc(-c3ccc4ccc5cccc6ccc3c4c56)n2)cc1. The van der Waals surface area contributed by atoms with Crippen LogP contribution in [0.2, 0.25) is 0 Å². The molecular formula is C40H24N4. The fourth-order valence-corrected chi connectivity index (χ4v) is 6.30. The van der Waals surface area contributed by atoms with Crippen molar-refractivity contribution in [2.75, 3.05) is 0 Å². The minimum absolute atomic E-state index is 0.706. The lowest BCUT2D eigenvalue weighted by Gasteiger charge is -2.15. The summed E-state index contributed by atoms with van der Waals surface area (Å²) in [5, 5.41) is 8.44.